The summed E-state index contributed by atoms with van der Waals surface area (Å²) >= 11 is 0.944. The van der Waals surface area contributed by atoms with Gasteiger partial charge in [-0.05, 0) is 18.1 Å². The second kappa shape index (κ2) is 4.64. The molecule has 1 aliphatic heterocycles. The molecule has 1 fully saturated rings. The van der Waals surface area contributed by atoms with Crippen molar-refractivity contribution in [1.82, 2.24) is 10.3 Å². The van der Waals surface area contributed by atoms with Gasteiger partial charge in [0.15, 0.2) is 0 Å². The number of carbonyl (C=O) groups is 2. The summed E-state index contributed by atoms with van der Waals surface area (Å²) < 4.78 is 0. The number of nitrogens with zero attached hydrogens (tertiary/aromatic N) is 1. The van der Waals surface area contributed by atoms with Crippen LogP contribution in [0.1, 0.15) is 5.56 Å². The summed E-state index contributed by atoms with van der Waals surface area (Å²) in [5, 5.41) is 12.9. The SMILES string of the molecule is O=C1NC(=O)C(Cc2c[nH]c3ccc([N+](=O)[O-])cc23)S1. The Morgan fingerprint density at radius 1 is 1.35 bits per heavy atom. The van der Waals surface area contributed by atoms with E-state index >= 15 is 0 Å². The summed E-state index contributed by atoms with van der Waals surface area (Å²) in [7, 11) is 0. The normalized spacial score (nSPS) is 18.5. The van der Waals surface area contributed by atoms with Crippen molar-refractivity contribution in [3.63, 3.8) is 0 Å². The molecule has 7 nitrogen and oxygen atoms in total. The van der Waals surface area contributed by atoms with Crippen molar-refractivity contribution in [2.45, 2.75) is 11.7 Å². The van der Waals surface area contributed by atoms with E-state index in [1.165, 1.54) is 12.1 Å². The van der Waals surface area contributed by atoms with Gasteiger partial charge in [0.05, 0.1) is 10.2 Å². The van der Waals surface area contributed by atoms with Crippen LogP contribution in [0.5, 0.6) is 0 Å². The van der Waals surface area contributed by atoms with Gasteiger partial charge in [-0.2, -0.15) is 0 Å². The van der Waals surface area contributed by atoms with Crippen molar-refractivity contribution in [2.75, 3.05) is 0 Å². The number of imide groups is 1. The predicted octanol–water partition coefficient (Wildman–Crippen LogP) is 1.97. The zero-order chi connectivity index (χ0) is 14.3. The number of benzene rings is 1. The van der Waals surface area contributed by atoms with E-state index in [0.717, 1.165) is 22.8 Å². The van der Waals surface area contributed by atoms with Gasteiger partial charge >= 0.3 is 0 Å². The Balaban J connectivity index is 1.95. The van der Waals surface area contributed by atoms with Gasteiger partial charge in [0.1, 0.15) is 0 Å². The molecule has 0 aliphatic carbocycles. The largest absolute Gasteiger partial charge is 0.361 e. The molecule has 0 bridgehead atoms. The lowest BCUT2D eigenvalue weighted by atomic mass is 10.1. The Morgan fingerprint density at radius 3 is 2.80 bits per heavy atom. The van der Waals surface area contributed by atoms with E-state index in [1.807, 2.05) is 0 Å². The van der Waals surface area contributed by atoms with Crippen LogP contribution in [0.25, 0.3) is 10.9 Å². The van der Waals surface area contributed by atoms with Gasteiger partial charge in [-0.3, -0.25) is 25.0 Å². The minimum Gasteiger partial charge on any atom is -0.361 e. The summed E-state index contributed by atoms with van der Waals surface area (Å²) in [6, 6.07) is 4.52. The highest BCUT2D eigenvalue weighted by molar-refractivity contribution is 8.15. The van der Waals surface area contributed by atoms with Crippen LogP contribution >= 0.6 is 11.8 Å². The Hall–Kier alpha value is -2.35. The second-order valence-electron chi connectivity index (χ2n) is 4.39. The first kappa shape index (κ1) is 12.7. The second-order valence-corrected chi connectivity index (χ2v) is 5.56. The van der Waals surface area contributed by atoms with Crippen LogP contribution in [0.3, 0.4) is 0 Å². The van der Waals surface area contributed by atoms with Gasteiger partial charge < -0.3 is 4.98 Å². The number of aromatic amines is 1. The van der Waals surface area contributed by atoms with Gasteiger partial charge in [-0.15, -0.1) is 0 Å². The molecule has 1 aliphatic rings. The number of non-ortho nitro benzene ring substituents is 1. The highest BCUT2D eigenvalue weighted by Crippen LogP contribution is 2.28. The quantitative estimate of drug-likeness (QED) is 0.664. The van der Waals surface area contributed by atoms with Crippen molar-refractivity contribution in [1.29, 1.82) is 0 Å². The van der Waals surface area contributed by atoms with Crippen LogP contribution < -0.4 is 5.32 Å². The third-order valence-electron chi connectivity index (χ3n) is 3.13. The maximum Gasteiger partial charge on any atom is 0.286 e. The molecule has 20 heavy (non-hydrogen) atoms. The first-order valence-electron chi connectivity index (χ1n) is 5.80. The topological polar surface area (TPSA) is 105 Å². The van der Waals surface area contributed by atoms with Crippen molar-refractivity contribution < 1.29 is 14.5 Å². The highest BCUT2D eigenvalue weighted by atomic mass is 32.2. The zero-order valence-corrected chi connectivity index (χ0v) is 10.9. The summed E-state index contributed by atoms with van der Waals surface area (Å²) in [4.78, 5) is 36.0. The van der Waals surface area contributed by atoms with Crippen LogP contribution in [0.15, 0.2) is 24.4 Å². The molecule has 8 heteroatoms. The molecule has 2 heterocycles. The van der Waals surface area contributed by atoms with Gasteiger partial charge in [-0.1, -0.05) is 11.8 Å². The average Bonchev–Trinajstić information content (AvgIpc) is 2.93. The molecule has 1 aromatic carbocycles. The van der Waals surface area contributed by atoms with E-state index in [-0.39, 0.29) is 16.8 Å². The zero-order valence-electron chi connectivity index (χ0n) is 10.1. The number of H-pyrrole nitrogens is 1. The molecule has 1 aromatic heterocycles. The number of carbonyl (C=O) groups excluding carboxylic acids is 2. The van der Waals surface area contributed by atoms with Crippen molar-refractivity contribution in [3.05, 3.63) is 40.1 Å². The lowest BCUT2D eigenvalue weighted by Crippen LogP contribution is -2.25. The molecule has 1 unspecified atom stereocenters. The Kier molecular flexibility index (Phi) is 2.94. The van der Waals surface area contributed by atoms with E-state index in [4.69, 9.17) is 0 Å². The van der Waals surface area contributed by atoms with E-state index < -0.39 is 10.2 Å². The molecule has 102 valence electrons. The Morgan fingerprint density at radius 2 is 2.15 bits per heavy atom. The fraction of sp³-hybridized carbons (Fsp3) is 0.167. The summed E-state index contributed by atoms with van der Waals surface area (Å²) in [5.41, 5.74) is 1.55. The number of nitro groups is 1. The summed E-state index contributed by atoms with van der Waals surface area (Å²) in [6.45, 7) is 0. The smallest absolute Gasteiger partial charge is 0.286 e. The lowest BCUT2D eigenvalue weighted by molar-refractivity contribution is -0.384. The van der Waals surface area contributed by atoms with Crippen LogP contribution in [-0.2, 0) is 11.2 Å². The maximum atomic E-state index is 11.6. The molecule has 3 rings (SSSR count). The van der Waals surface area contributed by atoms with Gasteiger partial charge in [-0.25, -0.2) is 0 Å². The lowest BCUT2D eigenvalue weighted by Gasteiger charge is -2.03. The number of thioether (sulfide) groups is 1. The van der Waals surface area contributed by atoms with E-state index in [2.05, 4.69) is 10.3 Å². The van der Waals surface area contributed by atoms with E-state index in [9.17, 15) is 19.7 Å². The van der Waals surface area contributed by atoms with Crippen molar-refractivity contribution in [3.8, 4) is 0 Å². The maximum absolute atomic E-state index is 11.6. The Labute approximate surface area is 116 Å². The first-order valence-corrected chi connectivity index (χ1v) is 6.68. The number of rotatable bonds is 3. The molecule has 2 amide bonds. The molecule has 1 atom stereocenters. The number of hydrogen-bond acceptors (Lipinski definition) is 5. The van der Waals surface area contributed by atoms with Gasteiger partial charge in [0.2, 0.25) is 5.91 Å². The average molecular weight is 291 g/mol. The number of fused-ring (bicyclic) bond motifs is 1. The fourth-order valence-electron chi connectivity index (χ4n) is 2.18. The summed E-state index contributed by atoms with van der Waals surface area (Å²) in [6.07, 6.45) is 2.06. The highest BCUT2D eigenvalue weighted by Gasteiger charge is 2.32. The molecule has 0 spiro atoms. The van der Waals surface area contributed by atoms with Crippen molar-refractivity contribution in [2.24, 2.45) is 0 Å². The van der Waals surface area contributed by atoms with Gasteiger partial charge in [0.25, 0.3) is 10.9 Å². The molecule has 1 saturated heterocycles. The predicted molar refractivity (Wildman–Crippen MR) is 73.6 cm³/mol. The number of aromatic nitrogens is 1. The number of hydrogen-bond donors (Lipinski definition) is 2. The van der Waals surface area contributed by atoms with Crippen LogP contribution in [0.4, 0.5) is 10.5 Å². The standard InChI is InChI=1S/C12H9N3O4S/c16-11-10(20-12(17)14-11)3-6-5-13-9-2-1-7(15(18)19)4-8(6)9/h1-2,4-5,10,13H,3H2,(H,14,16,17). The monoisotopic (exact) mass is 291 g/mol. The third-order valence-corrected chi connectivity index (χ3v) is 4.12. The molecule has 2 N–H and O–H groups in total. The third kappa shape index (κ3) is 2.14. The molecule has 2 aromatic rings. The minimum atomic E-state index is -0.485. The van der Waals surface area contributed by atoms with Crippen LogP contribution in [0.2, 0.25) is 0 Å². The van der Waals surface area contributed by atoms with E-state index in [1.54, 1.807) is 12.3 Å². The Bertz CT molecular complexity index is 739. The fourth-order valence-corrected chi connectivity index (χ4v) is 3.02. The van der Waals surface area contributed by atoms with Crippen LogP contribution in [-0.4, -0.2) is 26.3 Å². The molecule has 0 saturated carbocycles. The van der Waals surface area contributed by atoms with E-state index in [0.29, 0.717) is 11.8 Å². The van der Waals surface area contributed by atoms with Crippen LogP contribution in [0, 0.1) is 10.1 Å². The minimum absolute atomic E-state index is 0.00190. The number of nitrogens with one attached hydrogen (secondary N) is 2. The first-order chi connectivity index (χ1) is 9.54. The molecule has 0 radical (unpaired) electrons. The van der Waals surface area contributed by atoms with Gasteiger partial charge in [0, 0.05) is 29.2 Å². The molecular weight excluding hydrogens is 282 g/mol. The summed E-state index contributed by atoms with van der Waals surface area (Å²) in [5.74, 6) is -0.320. The number of nitro benzene ring substituents is 1. The number of amides is 2. The molecular formula is C12H9N3O4S. The van der Waals surface area contributed by atoms with Crippen molar-refractivity contribution >= 4 is 39.5 Å².